The summed E-state index contributed by atoms with van der Waals surface area (Å²) in [6.07, 6.45) is 2.94. The number of aromatic nitrogens is 5. The molecular weight excluding hydrogens is 432 g/mol. The van der Waals surface area contributed by atoms with Crippen LogP contribution in [0.2, 0.25) is 0 Å². The maximum absolute atomic E-state index is 13.1. The van der Waals surface area contributed by atoms with Crippen molar-refractivity contribution in [3.63, 3.8) is 0 Å². The van der Waals surface area contributed by atoms with Crippen molar-refractivity contribution in [1.82, 2.24) is 24.3 Å². The maximum Gasteiger partial charge on any atom is 0.281 e. The first-order valence-corrected chi connectivity index (χ1v) is 10.8. The average Bonchev–Trinajstić information content (AvgIpc) is 3.27. The monoisotopic (exact) mass is 447 g/mol. The van der Waals surface area contributed by atoms with E-state index in [1.54, 1.807) is 18.3 Å². The number of imidazole rings is 1. The van der Waals surface area contributed by atoms with Crippen molar-refractivity contribution >= 4 is 16.4 Å². The van der Waals surface area contributed by atoms with Gasteiger partial charge in [0.05, 0.1) is 28.9 Å². The molecule has 6 nitrogen and oxygen atoms in total. The minimum Gasteiger partial charge on any atom is -0.294 e. The van der Waals surface area contributed by atoms with Gasteiger partial charge in [0.1, 0.15) is 11.4 Å². The maximum atomic E-state index is 13.1. The highest BCUT2D eigenvalue weighted by Gasteiger charge is 2.15. The number of benzene rings is 2. The van der Waals surface area contributed by atoms with E-state index in [2.05, 4.69) is 19.9 Å². The first kappa shape index (κ1) is 20.1. The molecule has 3 aromatic heterocycles. The minimum atomic E-state index is -2.70. The number of alkyl halides is 2. The summed E-state index contributed by atoms with van der Waals surface area (Å²) in [4.78, 5) is 18.2. The third-order valence-electron chi connectivity index (χ3n) is 4.83. The molecule has 158 valence electrons. The number of rotatable bonds is 5. The summed E-state index contributed by atoms with van der Waals surface area (Å²) < 4.78 is 40.6. The van der Waals surface area contributed by atoms with Crippen LogP contribution >= 0.6 is 0 Å². The highest BCUT2D eigenvalue weighted by atomic mass is 32.2. The zero-order valence-corrected chi connectivity index (χ0v) is 17.3. The van der Waals surface area contributed by atoms with Crippen molar-refractivity contribution in [3.8, 4) is 22.8 Å². The molecule has 0 saturated heterocycles. The molecule has 0 aliphatic heterocycles. The molecule has 0 fully saturated rings. The molecule has 5 aromatic rings. The lowest BCUT2D eigenvalue weighted by atomic mass is 10.1. The van der Waals surface area contributed by atoms with Crippen molar-refractivity contribution in [2.24, 2.45) is 0 Å². The third-order valence-corrected chi connectivity index (χ3v) is 6.21. The van der Waals surface area contributed by atoms with Gasteiger partial charge in [0.25, 0.3) is 6.43 Å². The minimum absolute atomic E-state index is 0.330. The van der Waals surface area contributed by atoms with Crippen LogP contribution in [0.5, 0.6) is 0 Å². The SMILES string of the molecule is O=S(c1ccccc1)c1cccc(-c2ccnc(-c3cnc4cnc(C(F)F)cn34)n2)c1. The van der Waals surface area contributed by atoms with Gasteiger partial charge in [0.2, 0.25) is 0 Å². The number of hydrogen-bond acceptors (Lipinski definition) is 5. The van der Waals surface area contributed by atoms with Gasteiger partial charge in [-0.3, -0.25) is 4.40 Å². The fourth-order valence-corrected chi connectivity index (χ4v) is 4.39. The van der Waals surface area contributed by atoms with Gasteiger partial charge in [0.15, 0.2) is 11.5 Å². The number of nitrogens with zero attached hydrogens (tertiary/aromatic N) is 5. The summed E-state index contributed by atoms with van der Waals surface area (Å²) in [6.45, 7) is 0. The zero-order valence-electron chi connectivity index (χ0n) is 16.5. The smallest absolute Gasteiger partial charge is 0.281 e. The van der Waals surface area contributed by atoms with Crippen LogP contribution in [0.1, 0.15) is 12.1 Å². The zero-order chi connectivity index (χ0) is 22.1. The Kier molecular flexibility index (Phi) is 5.24. The van der Waals surface area contributed by atoms with Gasteiger partial charge in [0, 0.05) is 27.7 Å². The Morgan fingerprint density at radius 1 is 0.875 bits per heavy atom. The van der Waals surface area contributed by atoms with Crippen LogP contribution in [-0.4, -0.2) is 28.5 Å². The average molecular weight is 447 g/mol. The summed E-state index contributed by atoms with van der Waals surface area (Å²) in [7, 11) is -1.33. The van der Waals surface area contributed by atoms with Crippen LogP contribution in [0.4, 0.5) is 8.78 Å². The Labute approximate surface area is 184 Å². The summed E-state index contributed by atoms with van der Waals surface area (Å²) in [5, 5.41) is 0. The molecule has 1 atom stereocenters. The Morgan fingerprint density at radius 2 is 1.69 bits per heavy atom. The van der Waals surface area contributed by atoms with Crippen molar-refractivity contribution in [2.45, 2.75) is 16.2 Å². The highest BCUT2D eigenvalue weighted by Crippen LogP contribution is 2.26. The van der Waals surface area contributed by atoms with E-state index in [4.69, 9.17) is 0 Å². The quantitative estimate of drug-likeness (QED) is 0.381. The van der Waals surface area contributed by atoms with E-state index in [1.165, 1.54) is 23.0 Å². The molecule has 5 rings (SSSR count). The first-order chi connectivity index (χ1) is 15.6. The fourth-order valence-electron chi connectivity index (χ4n) is 3.28. The number of hydrogen-bond donors (Lipinski definition) is 0. The third kappa shape index (κ3) is 3.78. The molecule has 0 aliphatic carbocycles. The number of halogens is 2. The Hall–Kier alpha value is -3.85. The molecule has 0 N–H and O–H groups in total. The van der Waals surface area contributed by atoms with E-state index >= 15 is 0 Å². The van der Waals surface area contributed by atoms with Crippen molar-refractivity contribution < 1.29 is 13.0 Å². The first-order valence-electron chi connectivity index (χ1n) is 9.62. The lowest BCUT2D eigenvalue weighted by Crippen LogP contribution is -1.99. The van der Waals surface area contributed by atoms with Crippen molar-refractivity contribution in [2.75, 3.05) is 0 Å². The molecule has 2 aromatic carbocycles. The second-order valence-corrected chi connectivity index (χ2v) is 8.34. The molecule has 0 radical (unpaired) electrons. The van der Waals surface area contributed by atoms with Gasteiger partial charge in [-0.25, -0.2) is 32.9 Å². The Bertz CT molecular complexity index is 1440. The molecule has 0 aliphatic rings. The molecule has 1 unspecified atom stereocenters. The topological polar surface area (TPSA) is 73.0 Å². The molecule has 0 bridgehead atoms. The summed E-state index contributed by atoms with van der Waals surface area (Å²) in [5.41, 5.74) is 1.90. The normalized spacial score (nSPS) is 12.3. The lowest BCUT2D eigenvalue weighted by molar-refractivity contribution is 0.145. The summed E-state index contributed by atoms with van der Waals surface area (Å²) in [6, 6.07) is 18.3. The lowest BCUT2D eigenvalue weighted by Gasteiger charge is -2.07. The predicted octanol–water partition coefficient (Wildman–Crippen LogP) is 4.96. The van der Waals surface area contributed by atoms with Crippen LogP contribution in [0.25, 0.3) is 28.4 Å². The highest BCUT2D eigenvalue weighted by molar-refractivity contribution is 7.85. The van der Waals surface area contributed by atoms with Gasteiger partial charge >= 0.3 is 0 Å². The van der Waals surface area contributed by atoms with Gasteiger partial charge in [-0.15, -0.1) is 0 Å². The van der Waals surface area contributed by atoms with E-state index in [9.17, 15) is 13.0 Å². The van der Waals surface area contributed by atoms with E-state index < -0.39 is 17.2 Å². The molecule has 32 heavy (non-hydrogen) atoms. The fraction of sp³-hybridized carbons (Fsp3) is 0.0435. The van der Waals surface area contributed by atoms with Crippen molar-refractivity contribution in [3.05, 3.63) is 91.1 Å². The van der Waals surface area contributed by atoms with E-state index in [-0.39, 0.29) is 5.69 Å². The van der Waals surface area contributed by atoms with Gasteiger partial charge in [-0.05, 0) is 30.3 Å². The van der Waals surface area contributed by atoms with Crippen LogP contribution in [0.3, 0.4) is 0 Å². The molecule has 3 heterocycles. The Balaban J connectivity index is 1.54. The standard InChI is InChI=1S/C23H15F2N5OS/c24-22(25)19-14-30-20(12-28-21(30)13-27-19)23-26-10-9-18(29-23)15-5-4-8-17(11-15)32(31)16-6-2-1-3-7-16/h1-14,22H. The van der Waals surface area contributed by atoms with E-state index in [1.807, 2.05) is 48.5 Å². The van der Waals surface area contributed by atoms with Crippen molar-refractivity contribution in [1.29, 1.82) is 0 Å². The second kappa shape index (κ2) is 8.35. The summed E-state index contributed by atoms with van der Waals surface area (Å²) >= 11 is 0. The molecule has 0 amide bonds. The molecule has 9 heteroatoms. The molecule has 0 saturated carbocycles. The van der Waals surface area contributed by atoms with Gasteiger partial charge < -0.3 is 0 Å². The molecule has 0 spiro atoms. The van der Waals surface area contributed by atoms with Gasteiger partial charge in [-0.1, -0.05) is 30.3 Å². The van der Waals surface area contributed by atoms with E-state index in [0.29, 0.717) is 32.7 Å². The van der Waals surface area contributed by atoms with Crippen LogP contribution < -0.4 is 0 Å². The summed E-state index contributed by atoms with van der Waals surface area (Å²) in [5.74, 6) is 0.330. The van der Waals surface area contributed by atoms with Crippen LogP contribution in [0, 0.1) is 0 Å². The van der Waals surface area contributed by atoms with E-state index in [0.717, 1.165) is 5.56 Å². The number of fused-ring (bicyclic) bond motifs is 1. The predicted molar refractivity (Wildman–Crippen MR) is 116 cm³/mol. The second-order valence-electron chi connectivity index (χ2n) is 6.86. The Morgan fingerprint density at radius 3 is 2.50 bits per heavy atom. The molecular formula is C23H15F2N5OS. The largest absolute Gasteiger partial charge is 0.294 e. The van der Waals surface area contributed by atoms with Crippen LogP contribution in [0.15, 0.2) is 95.2 Å². The van der Waals surface area contributed by atoms with Crippen LogP contribution in [-0.2, 0) is 10.8 Å². The van der Waals surface area contributed by atoms with Gasteiger partial charge in [-0.2, -0.15) is 0 Å².